The predicted molar refractivity (Wildman–Crippen MR) is 151 cm³/mol. The average Bonchev–Trinajstić information content (AvgIpc) is 3.54. The molecular weight excluding hydrogens is 587 g/mol. The molecule has 0 saturated carbocycles. The Kier molecular flexibility index (Phi) is 7.16. The first-order valence-corrected chi connectivity index (χ1v) is 15.1. The number of piperazine rings is 1. The molecule has 44 heavy (non-hydrogen) atoms. The summed E-state index contributed by atoms with van der Waals surface area (Å²) in [6.07, 6.45) is -2.24. The summed E-state index contributed by atoms with van der Waals surface area (Å²) in [5, 5.41) is 6.62. The highest BCUT2D eigenvalue weighted by Crippen LogP contribution is 2.46. The number of morpholine rings is 1. The fourth-order valence-corrected chi connectivity index (χ4v) is 7.96. The second-order valence-corrected chi connectivity index (χ2v) is 12.6. The monoisotopic (exact) mass is 622 g/mol. The second kappa shape index (κ2) is 10.7. The fourth-order valence-electron chi connectivity index (χ4n) is 7.96. The number of amides is 1. The minimum atomic E-state index is -5.05. The molecule has 0 radical (unpaired) electrons. The maximum Gasteiger partial charge on any atom is 0.417 e. The molecule has 9 nitrogen and oxygen atoms in total. The first-order valence-electron chi connectivity index (χ1n) is 15.1. The Hall–Kier alpha value is -3.23. The standard InChI is InChI=1S/C30H35F5N6O3/c1-13-22(30(33,34)35)18(9-19(36)23(13)31)25-24(32)26(37-10-16-4-5-17-12-43-8-7-40(16)17)21-28(39-25)44-14(2)27-20-6-3-15(38-20)11-41(27)29(21)42/h9,14-17,20,27,38H,3-8,10-12,36H2,1-2H3,(H,37,39)/t14-,15+,16+,17+,20-,27+/m0/s1. The van der Waals surface area contributed by atoms with Gasteiger partial charge in [-0.15, -0.1) is 0 Å². The van der Waals surface area contributed by atoms with Crippen molar-refractivity contribution < 1.29 is 36.2 Å². The van der Waals surface area contributed by atoms with Crippen LogP contribution in [0, 0.1) is 18.6 Å². The molecule has 6 heterocycles. The van der Waals surface area contributed by atoms with Crippen molar-refractivity contribution in [1.82, 2.24) is 20.1 Å². The van der Waals surface area contributed by atoms with Crippen LogP contribution in [0.25, 0.3) is 11.3 Å². The number of carbonyl (C=O) groups excluding carboxylic acids is 1. The maximum absolute atomic E-state index is 16.8. The highest BCUT2D eigenvalue weighted by atomic mass is 19.4. The van der Waals surface area contributed by atoms with Crippen molar-refractivity contribution in [2.75, 3.05) is 43.9 Å². The molecule has 6 atom stereocenters. The van der Waals surface area contributed by atoms with Gasteiger partial charge in [-0.05, 0) is 51.2 Å². The third-order valence-corrected chi connectivity index (χ3v) is 9.98. The van der Waals surface area contributed by atoms with E-state index >= 15 is 4.39 Å². The predicted octanol–water partition coefficient (Wildman–Crippen LogP) is 3.94. The van der Waals surface area contributed by atoms with Crippen LogP contribution in [0.3, 0.4) is 0 Å². The van der Waals surface area contributed by atoms with Gasteiger partial charge >= 0.3 is 6.18 Å². The summed E-state index contributed by atoms with van der Waals surface area (Å²) in [4.78, 5) is 22.5. The van der Waals surface area contributed by atoms with Gasteiger partial charge in [-0.2, -0.15) is 13.2 Å². The Bertz CT molecular complexity index is 1500. The van der Waals surface area contributed by atoms with E-state index in [1.807, 2.05) is 0 Å². The normalized spacial score (nSPS) is 30.0. The molecular formula is C30H35F5N6O3. The number of carbonyl (C=O) groups is 1. The van der Waals surface area contributed by atoms with E-state index in [1.165, 1.54) is 0 Å². The van der Waals surface area contributed by atoms with Crippen LogP contribution in [0.2, 0.25) is 0 Å². The van der Waals surface area contributed by atoms with Crippen molar-refractivity contribution >= 4 is 17.3 Å². The van der Waals surface area contributed by atoms with Gasteiger partial charge < -0.3 is 30.7 Å². The Morgan fingerprint density at radius 2 is 1.98 bits per heavy atom. The largest absolute Gasteiger partial charge is 0.472 e. The summed E-state index contributed by atoms with van der Waals surface area (Å²) >= 11 is 0. The van der Waals surface area contributed by atoms with Gasteiger partial charge in [0.15, 0.2) is 5.82 Å². The van der Waals surface area contributed by atoms with Crippen LogP contribution < -0.4 is 21.1 Å². The molecule has 0 aliphatic carbocycles. The van der Waals surface area contributed by atoms with E-state index in [0.717, 1.165) is 38.7 Å². The molecule has 5 aliphatic heterocycles. The lowest BCUT2D eigenvalue weighted by molar-refractivity contribution is -0.137. The van der Waals surface area contributed by atoms with Gasteiger partial charge in [0, 0.05) is 49.4 Å². The number of hydrogen-bond donors (Lipinski definition) is 3. The van der Waals surface area contributed by atoms with Crippen molar-refractivity contribution in [3.05, 3.63) is 34.4 Å². The number of nitrogens with one attached hydrogen (secondary N) is 2. The average molecular weight is 623 g/mol. The number of halogens is 5. The van der Waals surface area contributed by atoms with Crippen LogP contribution in [-0.2, 0) is 10.9 Å². The molecule has 1 amide bonds. The minimum Gasteiger partial charge on any atom is -0.472 e. The number of nitrogens with two attached hydrogens (primary N) is 1. The first-order chi connectivity index (χ1) is 20.9. The number of alkyl halides is 3. The van der Waals surface area contributed by atoms with Crippen molar-refractivity contribution in [3.8, 4) is 17.1 Å². The molecule has 2 bridgehead atoms. The van der Waals surface area contributed by atoms with Gasteiger partial charge in [0.05, 0.1) is 36.2 Å². The lowest BCUT2D eigenvalue weighted by Gasteiger charge is -2.41. The van der Waals surface area contributed by atoms with Crippen LogP contribution in [0.4, 0.5) is 33.3 Å². The fraction of sp³-hybridized carbons (Fsp3) is 0.600. The zero-order chi connectivity index (χ0) is 31.1. The third-order valence-electron chi connectivity index (χ3n) is 9.98. The van der Waals surface area contributed by atoms with E-state index in [2.05, 4.69) is 20.5 Å². The SMILES string of the molecule is Cc1c(F)c(N)cc(-c2nc3c(c(NC[C@H]4CC[C@@H]5COCCN45)c2F)C(=O)N2C[C@H]4CC[C@H](N4)[C@H]2[C@H](C)O3)c1C(F)(F)F. The van der Waals surface area contributed by atoms with Gasteiger partial charge in [0.2, 0.25) is 5.88 Å². The van der Waals surface area contributed by atoms with Crippen LogP contribution in [-0.4, -0.2) is 89.9 Å². The summed E-state index contributed by atoms with van der Waals surface area (Å²) < 4.78 is 86.4. The van der Waals surface area contributed by atoms with E-state index in [9.17, 15) is 22.4 Å². The van der Waals surface area contributed by atoms with Crippen molar-refractivity contribution in [1.29, 1.82) is 0 Å². The van der Waals surface area contributed by atoms with Crippen LogP contribution in [0.1, 0.15) is 54.1 Å². The summed E-state index contributed by atoms with van der Waals surface area (Å²) in [5.74, 6) is -3.15. The van der Waals surface area contributed by atoms with Crippen LogP contribution >= 0.6 is 0 Å². The number of nitrogen functional groups attached to an aromatic ring is 1. The van der Waals surface area contributed by atoms with E-state index in [-0.39, 0.29) is 53.9 Å². The second-order valence-electron chi connectivity index (χ2n) is 12.6. The van der Waals surface area contributed by atoms with Crippen molar-refractivity contribution in [3.63, 3.8) is 0 Å². The Balaban J connectivity index is 1.38. The molecule has 7 rings (SSSR count). The Morgan fingerprint density at radius 3 is 2.75 bits per heavy atom. The number of anilines is 2. The number of hydrogen-bond acceptors (Lipinski definition) is 8. The first kappa shape index (κ1) is 29.5. The zero-order valence-corrected chi connectivity index (χ0v) is 24.4. The number of fused-ring (bicyclic) bond motifs is 6. The van der Waals surface area contributed by atoms with Gasteiger partial charge in [-0.25, -0.2) is 13.8 Å². The lowest BCUT2D eigenvalue weighted by Crippen LogP contribution is -2.63. The molecule has 4 saturated heterocycles. The Morgan fingerprint density at radius 1 is 1.18 bits per heavy atom. The van der Waals surface area contributed by atoms with E-state index in [1.54, 1.807) is 11.8 Å². The lowest BCUT2D eigenvalue weighted by atomic mass is 9.95. The number of nitrogens with zero attached hydrogens (tertiary/aromatic N) is 3. The molecule has 1 aromatic carbocycles. The minimum absolute atomic E-state index is 0.00601. The quantitative estimate of drug-likeness (QED) is 0.348. The number of rotatable bonds is 4. The van der Waals surface area contributed by atoms with Gasteiger partial charge in [-0.1, -0.05) is 0 Å². The molecule has 0 spiro atoms. The molecule has 14 heteroatoms. The van der Waals surface area contributed by atoms with E-state index in [4.69, 9.17) is 15.2 Å². The third kappa shape index (κ3) is 4.67. The highest BCUT2D eigenvalue weighted by Gasteiger charge is 2.49. The van der Waals surface area contributed by atoms with Gasteiger partial charge in [0.1, 0.15) is 23.2 Å². The van der Waals surface area contributed by atoms with Crippen molar-refractivity contribution in [2.24, 2.45) is 0 Å². The maximum atomic E-state index is 16.8. The summed E-state index contributed by atoms with van der Waals surface area (Å²) in [7, 11) is 0. The van der Waals surface area contributed by atoms with Crippen molar-refractivity contribution in [2.45, 2.75) is 82.0 Å². The van der Waals surface area contributed by atoms with Gasteiger partial charge in [0.25, 0.3) is 5.91 Å². The smallest absolute Gasteiger partial charge is 0.417 e. The zero-order valence-electron chi connectivity index (χ0n) is 24.4. The summed E-state index contributed by atoms with van der Waals surface area (Å²) in [5.41, 5.74) is 1.15. The molecule has 238 valence electrons. The molecule has 1 aromatic heterocycles. The Labute approximate surface area is 251 Å². The number of benzene rings is 1. The summed E-state index contributed by atoms with van der Waals surface area (Å²) in [6, 6.07) is 0.625. The van der Waals surface area contributed by atoms with E-state index < -0.39 is 57.9 Å². The van der Waals surface area contributed by atoms with Crippen LogP contribution in [0.15, 0.2) is 6.07 Å². The highest BCUT2D eigenvalue weighted by molar-refractivity contribution is 6.03. The number of ether oxygens (including phenoxy) is 2. The number of aromatic nitrogens is 1. The number of pyridine rings is 1. The van der Waals surface area contributed by atoms with Crippen LogP contribution in [0.5, 0.6) is 5.88 Å². The van der Waals surface area contributed by atoms with E-state index in [0.29, 0.717) is 26.3 Å². The molecule has 0 unspecified atom stereocenters. The molecule has 5 aliphatic rings. The summed E-state index contributed by atoms with van der Waals surface area (Å²) in [6.45, 7) is 5.21. The topological polar surface area (TPSA) is 105 Å². The molecule has 4 fully saturated rings. The molecule has 2 aromatic rings. The van der Waals surface area contributed by atoms with Gasteiger partial charge in [-0.3, -0.25) is 9.69 Å². The molecule has 4 N–H and O–H groups in total.